The van der Waals surface area contributed by atoms with Gasteiger partial charge in [-0.25, -0.2) is 0 Å². The van der Waals surface area contributed by atoms with Crippen molar-refractivity contribution in [2.45, 2.75) is 114 Å². The van der Waals surface area contributed by atoms with Crippen LogP contribution >= 0.6 is 7.92 Å². The van der Waals surface area contributed by atoms with E-state index in [1.807, 2.05) is 0 Å². The van der Waals surface area contributed by atoms with Gasteiger partial charge in [-0.2, -0.15) is 0 Å². The van der Waals surface area contributed by atoms with Crippen molar-refractivity contribution in [2.24, 2.45) is 22.7 Å². The summed E-state index contributed by atoms with van der Waals surface area (Å²) in [6.45, 7) is 21.8. The van der Waals surface area contributed by atoms with Gasteiger partial charge < -0.3 is 0 Å². The van der Waals surface area contributed by atoms with E-state index >= 15 is 0 Å². The lowest BCUT2D eigenvalue weighted by Gasteiger charge is -2.30. The summed E-state index contributed by atoms with van der Waals surface area (Å²) in [5, 5.41) is 0. The Labute approximate surface area is 163 Å². The van der Waals surface area contributed by atoms with Gasteiger partial charge in [0, 0.05) is 0 Å². The number of hydrogen-bond acceptors (Lipinski definition) is 0. The van der Waals surface area contributed by atoms with E-state index in [1.165, 1.54) is 69.9 Å². The standard InChI is InChI=1S/C24H51P/c1-10-11-12-13-14-15-16-25(19-21(2)17-23(4,5)6)20-22(3)18-24(7,8)9/h21-22H,10-20H2,1-9H3. The van der Waals surface area contributed by atoms with Crippen LogP contribution in [0.15, 0.2) is 0 Å². The van der Waals surface area contributed by atoms with Gasteiger partial charge in [0.2, 0.25) is 0 Å². The Kier molecular flexibility index (Phi) is 13.0. The summed E-state index contributed by atoms with van der Waals surface area (Å²) >= 11 is 0. The molecular weight excluding hydrogens is 319 g/mol. The van der Waals surface area contributed by atoms with Crippen LogP contribution in [0.5, 0.6) is 0 Å². The minimum absolute atomic E-state index is 0.230. The van der Waals surface area contributed by atoms with Gasteiger partial charge in [0.25, 0.3) is 0 Å². The van der Waals surface area contributed by atoms with Crippen LogP contribution in [-0.4, -0.2) is 18.5 Å². The quantitative estimate of drug-likeness (QED) is 0.224. The van der Waals surface area contributed by atoms with Crippen molar-refractivity contribution < 1.29 is 0 Å². The number of rotatable bonds is 13. The third kappa shape index (κ3) is 17.6. The molecule has 0 aromatic carbocycles. The average Bonchev–Trinajstić information content (AvgIpc) is 2.37. The van der Waals surface area contributed by atoms with Gasteiger partial charge in [0.15, 0.2) is 0 Å². The third-order valence-electron chi connectivity index (χ3n) is 4.89. The molecule has 0 aliphatic heterocycles. The fraction of sp³-hybridized carbons (Fsp3) is 1.00. The molecule has 0 aliphatic carbocycles. The SMILES string of the molecule is CCCCCCCCP(CC(C)CC(C)(C)C)CC(C)CC(C)(C)C. The molecule has 152 valence electrons. The molecule has 0 aromatic heterocycles. The first-order valence-corrected chi connectivity index (χ1v) is 13.0. The number of hydrogen-bond donors (Lipinski definition) is 0. The second-order valence-corrected chi connectivity index (χ2v) is 13.8. The van der Waals surface area contributed by atoms with Crippen LogP contribution in [0.4, 0.5) is 0 Å². The molecule has 0 saturated carbocycles. The Bertz CT molecular complexity index is 283. The Balaban J connectivity index is 4.43. The zero-order valence-electron chi connectivity index (χ0n) is 19.4. The van der Waals surface area contributed by atoms with E-state index in [0.29, 0.717) is 10.8 Å². The van der Waals surface area contributed by atoms with Crippen LogP contribution in [0.25, 0.3) is 0 Å². The van der Waals surface area contributed by atoms with Gasteiger partial charge >= 0.3 is 0 Å². The van der Waals surface area contributed by atoms with E-state index in [0.717, 1.165) is 11.8 Å². The van der Waals surface area contributed by atoms with Crippen molar-refractivity contribution in [3.63, 3.8) is 0 Å². The predicted octanol–water partition coefficient (Wildman–Crippen LogP) is 8.97. The highest BCUT2D eigenvalue weighted by molar-refractivity contribution is 7.57. The van der Waals surface area contributed by atoms with E-state index in [2.05, 4.69) is 62.3 Å². The van der Waals surface area contributed by atoms with Crippen LogP contribution in [0.3, 0.4) is 0 Å². The van der Waals surface area contributed by atoms with Gasteiger partial charge in [-0.3, -0.25) is 0 Å². The summed E-state index contributed by atoms with van der Waals surface area (Å²) in [6.07, 6.45) is 16.0. The fourth-order valence-corrected chi connectivity index (χ4v) is 7.68. The third-order valence-corrected chi connectivity index (χ3v) is 8.12. The predicted molar refractivity (Wildman–Crippen MR) is 121 cm³/mol. The first-order valence-electron chi connectivity index (χ1n) is 11.2. The van der Waals surface area contributed by atoms with Crippen molar-refractivity contribution in [3.8, 4) is 0 Å². The van der Waals surface area contributed by atoms with Crippen molar-refractivity contribution in [3.05, 3.63) is 0 Å². The summed E-state index contributed by atoms with van der Waals surface area (Å²) in [4.78, 5) is 0. The first-order chi connectivity index (χ1) is 11.4. The molecule has 0 rings (SSSR count). The molecule has 0 aromatic rings. The summed E-state index contributed by atoms with van der Waals surface area (Å²) < 4.78 is 0. The second kappa shape index (κ2) is 12.8. The maximum Gasteiger partial charge on any atom is -0.0300 e. The van der Waals surface area contributed by atoms with Crippen LogP contribution < -0.4 is 0 Å². The lowest BCUT2D eigenvalue weighted by molar-refractivity contribution is 0.318. The van der Waals surface area contributed by atoms with Crippen molar-refractivity contribution in [2.75, 3.05) is 18.5 Å². The highest BCUT2D eigenvalue weighted by Crippen LogP contribution is 2.44. The Morgan fingerprint density at radius 1 is 0.640 bits per heavy atom. The molecule has 0 heterocycles. The zero-order valence-corrected chi connectivity index (χ0v) is 20.3. The largest absolute Gasteiger partial charge is 0.106 e. The molecule has 0 nitrogen and oxygen atoms in total. The van der Waals surface area contributed by atoms with Crippen molar-refractivity contribution in [1.29, 1.82) is 0 Å². The van der Waals surface area contributed by atoms with E-state index < -0.39 is 0 Å². The molecule has 0 fully saturated rings. The molecule has 1 heteroatoms. The molecule has 2 unspecified atom stereocenters. The van der Waals surface area contributed by atoms with E-state index in [-0.39, 0.29) is 7.92 Å². The van der Waals surface area contributed by atoms with E-state index in [9.17, 15) is 0 Å². The topological polar surface area (TPSA) is 0 Å². The average molecular weight is 371 g/mol. The molecule has 0 spiro atoms. The normalized spacial score (nSPS) is 16.7. The minimum atomic E-state index is 0.230. The lowest BCUT2D eigenvalue weighted by Crippen LogP contribution is -2.17. The van der Waals surface area contributed by atoms with Crippen molar-refractivity contribution in [1.82, 2.24) is 0 Å². The number of unbranched alkanes of at least 4 members (excludes halogenated alkanes) is 5. The molecule has 25 heavy (non-hydrogen) atoms. The maximum atomic E-state index is 2.51. The summed E-state index contributed by atoms with van der Waals surface area (Å²) in [5.74, 6) is 1.79. The second-order valence-electron chi connectivity index (χ2n) is 11.3. The molecule has 0 N–H and O–H groups in total. The molecular formula is C24H51P. The monoisotopic (exact) mass is 370 g/mol. The Hall–Kier alpha value is 0.430. The molecule has 0 radical (unpaired) electrons. The molecule has 0 amide bonds. The van der Waals surface area contributed by atoms with Crippen LogP contribution in [-0.2, 0) is 0 Å². The smallest absolute Gasteiger partial charge is 0.0300 e. The maximum absolute atomic E-state index is 2.51. The van der Waals surface area contributed by atoms with E-state index in [1.54, 1.807) is 0 Å². The van der Waals surface area contributed by atoms with Gasteiger partial charge in [-0.15, -0.1) is 7.92 Å². The summed E-state index contributed by atoms with van der Waals surface area (Å²) in [5.41, 5.74) is 0.967. The van der Waals surface area contributed by atoms with E-state index in [4.69, 9.17) is 0 Å². The van der Waals surface area contributed by atoms with Crippen molar-refractivity contribution >= 4 is 7.92 Å². The molecule has 0 aliphatic rings. The molecule has 2 atom stereocenters. The van der Waals surface area contributed by atoms with Gasteiger partial charge in [-0.1, -0.05) is 94.4 Å². The first kappa shape index (κ1) is 25.4. The van der Waals surface area contributed by atoms with Crippen LogP contribution in [0.2, 0.25) is 0 Å². The van der Waals surface area contributed by atoms with Crippen LogP contribution in [0.1, 0.15) is 114 Å². The van der Waals surface area contributed by atoms with Crippen LogP contribution in [0, 0.1) is 22.7 Å². The fourth-order valence-electron chi connectivity index (χ4n) is 4.47. The molecule has 0 saturated heterocycles. The zero-order chi connectivity index (χ0) is 19.5. The lowest BCUT2D eigenvalue weighted by atomic mass is 9.86. The minimum Gasteiger partial charge on any atom is -0.106 e. The van der Waals surface area contributed by atoms with Gasteiger partial charge in [-0.05, 0) is 60.4 Å². The summed E-state index contributed by atoms with van der Waals surface area (Å²) in [7, 11) is 0.230. The van der Waals surface area contributed by atoms with Gasteiger partial charge in [0.05, 0.1) is 0 Å². The molecule has 0 bridgehead atoms. The van der Waals surface area contributed by atoms with Gasteiger partial charge in [0.1, 0.15) is 0 Å². The highest BCUT2D eigenvalue weighted by Gasteiger charge is 2.22. The highest BCUT2D eigenvalue weighted by atomic mass is 31.1. The Morgan fingerprint density at radius 3 is 1.44 bits per heavy atom. The summed E-state index contributed by atoms with van der Waals surface area (Å²) in [6, 6.07) is 0. The Morgan fingerprint density at radius 2 is 1.04 bits per heavy atom.